The Balaban J connectivity index is 1.75. The first-order valence-electron chi connectivity index (χ1n) is 8.22. The summed E-state index contributed by atoms with van der Waals surface area (Å²) in [6, 6.07) is 0.428. The standard InChI is InChI=1S/C16H24ClN3O/c1-2-9-20-15(12(17)10-18-20)16(21)14-8-7-11-5-3-4-6-13(11)19-14/h10-11,13-14,19H,2-9H2,1H3. The number of halogens is 1. The maximum atomic E-state index is 12.8. The zero-order valence-electron chi connectivity index (χ0n) is 12.6. The van der Waals surface area contributed by atoms with Gasteiger partial charge in [-0.25, -0.2) is 0 Å². The molecule has 1 saturated carbocycles. The van der Waals surface area contributed by atoms with Gasteiger partial charge in [-0.05, 0) is 38.0 Å². The molecular formula is C16H24ClN3O. The van der Waals surface area contributed by atoms with Gasteiger partial charge in [-0.1, -0.05) is 31.4 Å². The number of rotatable bonds is 4. The van der Waals surface area contributed by atoms with Gasteiger partial charge in [-0.2, -0.15) is 5.10 Å². The van der Waals surface area contributed by atoms with E-state index in [1.165, 1.54) is 25.7 Å². The molecule has 4 nitrogen and oxygen atoms in total. The number of hydrogen-bond acceptors (Lipinski definition) is 3. The number of ketones is 1. The molecule has 3 unspecified atom stereocenters. The molecular weight excluding hydrogens is 286 g/mol. The Bertz CT molecular complexity index is 514. The third-order valence-electron chi connectivity index (χ3n) is 4.93. The van der Waals surface area contributed by atoms with E-state index in [1.54, 1.807) is 10.9 Å². The number of carbonyl (C=O) groups is 1. The van der Waals surface area contributed by atoms with E-state index in [1.807, 2.05) is 0 Å². The molecule has 1 aromatic heterocycles. The summed E-state index contributed by atoms with van der Waals surface area (Å²) >= 11 is 6.20. The van der Waals surface area contributed by atoms with E-state index in [-0.39, 0.29) is 11.8 Å². The van der Waals surface area contributed by atoms with Crippen molar-refractivity contribution in [3.8, 4) is 0 Å². The van der Waals surface area contributed by atoms with E-state index in [4.69, 9.17) is 11.6 Å². The van der Waals surface area contributed by atoms with Crippen molar-refractivity contribution in [2.24, 2.45) is 5.92 Å². The quantitative estimate of drug-likeness (QED) is 0.867. The molecule has 1 N–H and O–H groups in total. The Hall–Kier alpha value is -0.870. The van der Waals surface area contributed by atoms with Crippen molar-refractivity contribution >= 4 is 17.4 Å². The molecule has 5 heteroatoms. The van der Waals surface area contributed by atoms with E-state index in [0.29, 0.717) is 16.8 Å². The monoisotopic (exact) mass is 309 g/mol. The highest BCUT2D eigenvalue weighted by molar-refractivity contribution is 6.33. The average Bonchev–Trinajstić information content (AvgIpc) is 2.87. The molecule has 0 aromatic carbocycles. The molecule has 0 bridgehead atoms. The summed E-state index contributed by atoms with van der Waals surface area (Å²) in [6.45, 7) is 2.82. The van der Waals surface area contributed by atoms with Crippen LogP contribution in [0.2, 0.25) is 5.02 Å². The van der Waals surface area contributed by atoms with Crippen LogP contribution in [0.25, 0.3) is 0 Å². The van der Waals surface area contributed by atoms with Crippen molar-refractivity contribution in [1.82, 2.24) is 15.1 Å². The Morgan fingerprint density at radius 2 is 2.19 bits per heavy atom. The topological polar surface area (TPSA) is 46.9 Å². The van der Waals surface area contributed by atoms with Crippen LogP contribution in [0, 0.1) is 5.92 Å². The lowest BCUT2D eigenvalue weighted by molar-refractivity contribution is 0.0850. The molecule has 1 aromatic rings. The van der Waals surface area contributed by atoms with Gasteiger partial charge in [-0.15, -0.1) is 0 Å². The Kier molecular flexibility index (Phi) is 4.65. The van der Waals surface area contributed by atoms with Crippen molar-refractivity contribution < 1.29 is 4.79 Å². The van der Waals surface area contributed by atoms with Gasteiger partial charge in [0, 0.05) is 12.6 Å². The molecule has 0 spiro atoms. The van der Waals surface area contributed by atoms with Crippen molar-refractivity contribution in [3.05, 3.63) is 16.9 Å². The minimum atomic E-state index is -0.0887. The first kappa shape index (κ1) is 15.0. The molecule has 3 atom stereocenters. The van der Waals surface area contributed by atoms with Crippen LogP contribution >= 0.6 is 11.6 Å². The van der Waals surface area contributed by atoms with Crippen LogP contribution in [0.3, 0.4) is 0 Å². The average molecular weight is 310 g/mol. The van der Waals surface area contributed by atoms with E-state index in [2.05, 4.69) is 17.3 Å². The fourth-order valence-corrected chi connectivity index (χ4v) is 4.09. The fourth-order valence-electron chi connectivity index (χ4n) is 3.86. The molecule has 2 fully saturated rings. The molecule has 2 heterocycles. The molecule has 2 aliphatic rings. The van der Waals surface area contributed by atoms with E-state index in [0.717, 1.165) is 31.7 Å². The van der Waals surface area contributed by atoms with Gasteiger partial charge in [0.2, 0.25) is 0 Å². The minimum Gasteiger partial charge on any atom is -0.304 e. The van der Waals surface area contributed by atoms with Crippen LogP contribution in [0.5, 0.6) is 0 Å². The predicted molar refractivity (Wildman–Crippen MR) is 83.8 cm³/mol. The smallest absolute Gasteiger partial charge is 0.199 e. The SMILES string of the molecule is CCCn1ncc(Cl)c1C(=O)C1CCC2CCCCC2N1. The van der Waals surface area contributed by atoms with Gasteiger partial charge in [0.05, 0.1) is 17.3 Å². The molecule has 0 radical (unpaired) electrons. The summed E-state index contributed by atoms with van der Waals surface area (Å²) in [5.41, 5.74) is 0.588. The molecule has 21 heavy (non-hydrogen) atoms. The number of Topliss-reactive ketones (excluding diaryl/α,β-unsaturated/α-hetero) is 1. The second kappa shape index (κ2) is 6.49. The second-order valence-corrected chi connectivity index (χ2v) is 6.78. The van der Waals surface area contributed by atoms with Crippen LogP contribution in [-0.4, -0.2) is 27.6 Å². The highest BCUT2D eigenvalue weighted by Crippen LogP contribution is 2.33. The summed E-state index contributed by atoms with van der Waals surface area (Å²) in [4.78, 5) is 12.8. The third-order valence-corrected chi connectivity index (χ3v) is 5.21. The molecule has 1 saturated heterocycles. The largest absolute Gasteiger partial charge is 0.304 e. The lowest BCUT2D eigenvalue weighted by atomic mass is 9.77. The highest BCUT2D eigenvalue weighted by Gasteiger charge is 2.36. The van der Waals surface area contributed by atoms with E-state index < -0.39 is 0 Å². The number of nitrogens with one attached hydrogen (secondary N) is 1. The van der Waals surface area contributed by atoms with Gasteiger partial charge in [0.1, 0.15) is 5.69 Å². The number of piperidine rings is 1. The summed E-state index contributed by atoms with van der Waals surface area (Å²) in [7, 11) is 0. The molecule has 3 rings (SSSR count). The van der Waals surface area contributed by atoms with E-state index in [9.17, 15) is 4.79 Å². The third kappa shape index (κ3) is 3.02. The summed E-state index contributed by atoms with van der Waals surface area (Å²) in [5, 5.41) is 8.32. The van der Waals surface area contributed by atoms with Gasteiger partial charge in [-0.3, -0.25) is 9.48 Å². The number of aromatic nitrogens is 2. The second-order valence-electron chi connectivity index (χ2n) is 6.38. The lowest BCUT2D eigenvalue weighted by Crippen LogP contribution is -2.52. The zero-order valence-corrected chi connectivity index (χ0v) is 13.4. The summed E-state index contributed by atoms with van der Waals surface area (Å²) in [5.74, 6) is 0.883. The van der Waals surface area contributed by atoms with Crippen LogP contribution in [0.1, 0.15) is 62.4 Å². The molecule has 1 aliphatic heterocycles. The Morgan fingerprint density at radius 1 is 1.38 bits per heavy atom. The minimum absolute atomic E-state index is 0.0887. The number of carbonyl (C=O) groups excluding carboxylic acids is 1. The maximum absolute atomic E-state index is 12.8. The van der Waals surface area contributed by atoms with Crippen molar-refractivity contribution in [2.45, 2.75) is 70.5 Å². The van der Waals surface area contributed by atoms with Crippen LogP contribution in [-0.2, 0) is 6.54 Å². The lowest BCUT2D eigenvalue weighted by Gasteiger charge is -2.40. The van der Waals surface area contributed by atoms with E-state index >= 15 is 0 Å². The van der Waals surface area contributed by atoms with Crippen LogP contribution < -0.4 is 5.32 Å². The number of hydrogen-bond donors (Lipinski definition) is 1. The summed E-state index contributed by atoms with van der Waals surface area (Å²) < 4.78 is 1.76. The van der Waals surface area contributed by atoms with Gasteiger partial charge in [0.25, 0.3) is 0 Å². The van der Waals surface area contributed by atoms with Gasteiger partial charge in [0.15, 0.2) is 5.78 Å². The number of fused-ring (bicyclic) bond motifs is 1. The van der Waals surface area contributed by atoms with Crippen LogP contribution in [0.15, 0.2) is 6.20 Å². The zero-order chi connectivity index (χ0) is 14.8. The van der Waals surface area contributed by atoms with Crippen molar-refractivity contribution in [1.29, 1.82) is 0 Å². The maximum Gasteiger partial charge on any atom is 0.199 e. The Labute approximate surface area is 131 Å². The molecule has 1 aliphatic carbocycles. The number of nitrogens with zero attached hydrogens (tertiary/aromatic N) is 2. The molecule has 116 valence electrons. The molecule has 0 amide bonds. The first-order valence-corrected chi connectivity index (χ1v) is 8.60. The van der Waals surface area contributed by atoms with Crippen molar-refractivity contribution in [2.75, 3.05) is 0 Å². The van der Waals surface area contributed by atoms with Crippen LogP contribution in [0.4, 0.5) is 0 Å². The van der Waals surface area contributed by atoms with Gasteiger partial charge >= 0.3 is 0 Å². The van der Waals surface area contributed by atoms with Gasteiger partial charge < -0.3 is 5.32 Å². The first-order chi connectivity index (χ1) is 10.2. The number of aryl methyl sites for hydroxylation is 1. The van der Waals surface area contributed by atoms with Crippen molar-refractivity contribution in [3.63, 3.8) is 0 Å². The fraction of sp³-hybridized carbons (Fsp3) is 0.750. The normalized spacial score (nSPS) is 29.1. The predicted octanol–water partition coefficient (Wildman–Crippen LogP) is 3.44. The Morgan fingerprint density at radius 3 is 3.00 bits per heavy atom. The summed E-state index contributed by atoms with van der Waals surface area (Å²) in [6.07, 6.45) is 9.77. The highest BCUT2D eigenvalue weighted by atomic mass is 35.5.